The number of aryl methyl sites for hydroxylation is 2. The lowest BCUT2D eigenvalue weighted by Gasteiger charge is -2.07. The average Bonchev–Trinajstić information content (AvgIpc) is 3.22. The molecule has 0 aliphatic heterocycles. The van der Waals surface area contributed by atoms with Crippen LogP contribution in [-0.2, 0) is 28.9 Å². The highest BCUT2D eigenvalue weighted by Crippen LogP contribution is 2.19. The molecule has 26 heavy (non-hydrogen) atoms. The molecule has 0 aliphatic carbocycles. The van der Waals surface area contributed by atoms with Gasteiger partial charge in [-0.25, -0.2) is 4.98 Å². The Bertz CT molecular complexity index is 869. The minimum atomic E-state index is -0.255. The van der Waals surface area contributed by atoms with Crippen molar-refractivity contribution >= 4 is 28.8 Å². The van der Waals surface area contributed by atoms with E-state index < -0.39 is 0 Å². The number of thioether (sulfide) groups is 1. The Kier molecular flexibility index (Phi) is 6.06. The van der Waals surface area contributed by atoms with Gasteiger partial charge in [-0.1, -0.05) is 30.0 Å². The van der Waals surface area contributed by atoms with Crippen molar-refractivity contribution in [2.75, 3.05) is 12.4 Å². The lowest BCUT2D eigenvalue weighted by Crippen LogP contribution is -2.09. The molecule has 8 heteroatoms. The topological polar surface area (TPSA) is 85.7 Å². The number of carbonyl (C=O) groups excluding carboxylic acids is 1. The molecule has 1 N–H and O–H groups in total. The lowest BCUT2D eigenvalue weighted by atomic mass is 10.3. The zero-order chi connectivity index (χ0) is 18.4. The summed E-state index contributed by atoms with van der Waals surface area (Å²) in [5, 5.41) is 9.18. The van der Waals surface area contributed by atoms with E-state index in [-0.39, 0.29) is 11.7 Å². The van der Waals surface area contributed by atoms with Crippen LogP contribution >= 0.6 is 11.8 Å². The smallest absolute Gasteiger partial charge is 0.316 e. The van der Waals surface area contributed by atoms with Crippen LogP contribution in [-0.4, -0.2) is 43.1 Å². The molecule has 3 aromatic rings. The van der Waals surface area contributed by atoms with Crippen molar-refractivity contribution in [2.24, 2.45) is 0 Å². The van der Waals surface area contributed by atoms with E-state index in [9.17, 15) is 4.79 Å². The summed E-state index contributed by atoms with van der Waals surface area (Å²) in [6, 6.07) is 7.95. The van der Waals surface area contributed by atoms with Gasteiger partial charge in [-0.15, -0.1) is 16.8 Å². The molecule has 0 atom stereocenters. The fourth-order valence-corrected chi connectivity index (χ4v) is 3.37. The summed E-state index contributed by atoms with van der Waals surface area (Å²) in [5.74, 6) is 1.72. The summed E-state index contributed by atoms with van der Waals surface area (Å²) in [4.78, 5) is 19.5. The molecule has 1 aromatic carbocycles. The van der Waals surface area contributed by atoms with Crippen LogP contribution in [0.15, 0.2) is 42.1 Å². The number of hydrogen-bond acceptors (Lipinski definition) is 6. The lowest BCUT2D eigenvalue weighted by molar-refractivity contribution is -0.139. The van der Waals surface area contributed by atoms with Crippen LogP contribution in [0.5, 0.6) is 0 Å². The van der Waals surface area contributed by atoms with Crippen molar-refractivity contribution in [1.82, 2.24) is 24.7 Å². The largest absolute Gasteiger partial charge is 0.465 e. The Morgan fingerprint density at radius 3 is 2.96 bits per heavy atom. The van der Waals surface area contributed by atoms with Crippen molar-refractivity contribution < 1.29 is 9.53 Å². The van der Waals surface area contributed by atoms with Crippen LogP contribution in [0.2, 0.25) is 0 Å². The second-order valence-electron chi connectivity index (χ2n) is 5.59. The maximum Gasteiger partial charge on any atom is 0.316 e. The zero-order valence-corrected chi connectivity index (χ0v) is 15.5. The molecule has 0 unspecified atom stereocenters. The van der Waals surface area contributed by atoms with E-state index in [4.69, 9.17) is 4.74 Å². The van der Waals surface area contributed by atoms with Gasteiger partial charge >= 0.3 is 5.97 Å². The van der Waals surface area contributed by atoms with Crippen LogP contribution in [0.1, 0.15) is 18.6 Å². The third kappa shape index (κ3) is 4.32. The number of esters is 1. The van der Waals surface area contributed by atoms with E-state index >= 15 is 0 Å². The van der Waals surface area contributed by atoms with Crippen LogP contribution < -0.4 is 0 Å². The summed E-state index contributed by atoms with van der Waals surface area (Å²) in [5.41, 5.74) is 1.99. The van der Waals surface area contributed by atoms with E-state index in [0.717, 1.165) is 29.1 Å². The van der Waals surface area contributed by atoms with Crippen molar-refractivity contribution in [2.45, 2.75) is 31.5 Å². The van der Waals surface area contributed by atoms with Crippen molar-refractivity contribution in [1.29, 1.82) is 0 Å². The Morgan fingerprint density at radius 1 is 1.35 bits per heavy atom. The van der Waals surface area contributed by atoms with Crippen molar-refractivity contribution in [3.8, 4) is 0 Å². The number of imidazole rings is 1. The molecular weight excluding hydrogens is 350 g/mol. The van der Waals surface area contributed by atoms with Crippen LogP contribution in [0.25, 0.3) is 11.0 Å². The van der Waals surface area contributed by atoms with Crippen LogP contribution in [0, 0.1) is 0 Å². The van der Waals surface area contributed by atoms with Gasteiger partial charge in [-0.2, -0.15) is 0 Å². The fourth-order valence-electron chi connectivity index (χ4n) is 2.60. The minimum absolute atomic E-state index is 0.215. The van der Waals surface area contributed by atoms with Gasteiger partial charge in [0.15, 0.2) is 5.16 Å². The Hall–Kier alpha value is -2.61. The quantitative estimate of drug-likeness (QED) is 0.354. The van der Waals surface area contributed by atoms with Crippen LogP contribution in [0.4, 0.5) is 0 Å². The van der Waals surface area contributed by atoms with Crippen LogP contribution in [0.3, 0.4) is 0 Å². The molecule has 2 heterocycles. The molecular formula is C18H21N5O2S. The third-order valence-electron chi connectivity index (χ3n) is 3.75. The molecule has 0 aliphatic rings. The molecule has 2 aromatic heterocycles. The number of para-hydroxylation sites is 2. The Balaban J connectivity index is 1.68. The Morgan fingerprint density at radius 2 is 2.19 bits per heavy atom. The molecule has 0 fully saturated rings. The summed E-state index contributed by atoms with van der Waals surface area (Å²) in [6.07, 6.45) is 3.22. The summed E-state index contributed by atoms with van der Waals surface area (Å²) in [7, 11) is 0. The number of aromatic nitrogens is 5. The van der Waals surface area contributed by atoms with Gasteiger partial charge in [0.2, 0.25) is 0 Å². The summed E-state index contributed by atoms with van der Waals surface area (Å²) in [6.45, 7) is 6.55. The highest BCUT2D eigenvalue weighted by molar-refractivity contribution is 7.99. The number of nitrogens with one attached hydrogen (secondary N) is 1. The summed E-state index contributed by atoms with van der Waals surface area (Å²) < 4.78 is 6.93. The third-order valence-corrected chi connectivity index (χ3v) is 4.69. The number of nitrogens with zero attached hydrogens (tertiary/aromatic N) is 4. The maximum absolute atomic E-state index is 11.6. The predicted octanol–water partition coefficient (Wildman–Crippen LogP) is 2.78. The molecule has 0 spiro atoms. The Labute approximate surface area is 155 Å². The first kappa shape index (κ1) is 18.2. The number of hydrogen-bond donors (Lipinski definition) is 1. The van der Waals surface area contributed by atoms with Gasteiger partial charge < -0.3 is 14.3 Å². The number of allylic oxidation sites excluding steroid dienone is 1. The molecule has 0 bridgehead atoms. The standard InChI is InChI=1S/C18H21N5O2S/c1-3-11-23-16(21-22-18(23)26-12-17(24)25-4-2)10-9-15-19-13-7-5-6-8-14(13)20-15/h3,5-8H,1,4,9-12H2,2H3,(H,19,20). The van der Waals surface area contributed by atoms with Gasteiger partial charge in [0.1, 0.15) is 11.6 Å². The van der Waals surface area contributed by atoms with Gasteiger partial charge in [0, 0.05) is 19.4 Å². The number of fused-ring (bicyclic) bond motifs is 1. The van der Waals surface area contributed by atoms with Gasteiger partial charge in [0.05, 0.1) is 23.4 Å². The molecule has 0 saturated heterocycles. The van der Waals surface area contributed by atoms with E-state index in [1.54, 1.807) is 13.0 Å². The van der Waals surface area contributed by atoms with Gasteiger partial charge in [-0.05, 0) is 19.1 Å². The SMILES string of the molecule is C=CCn1c(CCc2nc3ccccc3[nH]2)nnc1SCC(=O)OCC. The average molecular weight is 371 g/mol. The maximum atomic E-state index is 11.6. The van der Waals surface area contributed by atoms with E-state index in [0.29, 0.717) is 24.7 Å². The fraction of sp³-hybridized carbons (Fsp3) is 0.333. The highest BCUT2D eigenvalue weighted by atomic mass is 32.2. The summed E-state index contributed by atoms with van der Waals surface area (Å²) >= 11 is 1.32. The first-order chi connectivity index (χ1) is 12.7. The molecule has 0 amide bonds. The van der Waals surface area contributed by atoms with Gasteiger partial charge in [0.25, 0.3) is 0 Å². The highest BCUT2D eigenvalue weighted by Gasteiger charge is 2.14. The number of aromatic amines is 1. The molecule has 7 nitrogen and oxygen atoms in total. The number of ether oxygens (including phenoxy) is 1. The van der Waals surface area contributed by atoms with Gasteiger partial charge in [-0.3, -0.25) is 4.79 Å². The predicted molar refractivity (Wildman–Crippen MR) is 101 cm³/mol. The van der Waals surface area contributed by atoms with Crippen molar-refractivity contribution in [3.63, 3.8) is 0 Å². The first-order valence-corrected chi connectivity index (χ1v) is 9.44. The second-order valence-corrected chi connectivity index (χ2v) is 6.53. The number of benzene rings is 1. The number of H-pyrrole nitrogens is 1. The normalized spacial score (nSPS) is 11.0. The first-order valence-electron chi connectivity index (χ1n) is 8.46. The van der Waals surface area contributed by atoms with E-state index in [1.807, 2.05) is 28.8 Å². The number of carbonyl (C=O) groups is 1. The monoisotopic (exact) mass is 371 g/mol. The molecule has 0 saturated carbocycles. The second kappa shape index (κ2) is 8.66. The molecule has 0 radical (unpaired) electrons. The van der Waals surface area contributed by atoms with E-state index in [1.165, 1.54) is 11.8 Å². The molecule has 136 valence electrons. The zero-order valence-electron chi connectivity index (χ0n) is 14.6. The molecule has 3 rings (SSSR count). The minimum Gasteiger partial charge on any atom is -0.465 e. The van der Waals surface area contributed by atoms with E-state index in [2.05, 4.69) is 26.7 Å². The van der Waals surface area contributed by atoms with Crippen molar-refractivity contribution in [3.05, 3.63) is 48.6 Å². The number of rotatable bonds is 9.